The van der Waals surface area contributed by atoms with Crippen molar-refractivity contribution in [1.82, 2.24) is 0 Å². The summed E-state index contributed by atoms with van der Waals surface area (Å²) in [6.45, 7) is 5.60. The van der Waals surface area contributed by atoms with Gasteiger partial charge in [0.05, 0.1) is 6.10 Å². The minimum absolute atomic E-state index is 0.0263. The smallest absolute Gasteiger partial charge is 0.332 e. The van der Waals surface area contributed by atoms with Crippen LogP contribution in [-0.2, 0) is 4.79 Å². The van der Waals surface area contributed by atoms with Gasteiger partial charge in [-0.3, -0.25) is 0 Å². The molecule has 0 aromatic rings. The van der Waals surface area contributed by atoms with Crippen LogP contribution < -0.4 is 0 Å². The molecule has 0 aliphatic carbocycles. The molecule has 2 unspecified atom stereocenters. The summed E-state index contributed by atoms with van der Waals surface area (Å²) in [6, 6.07) is 0. The number of aliphatic carboxylic acids is 1. The summed E-state index contributed by atoms with van der Waals surface area (Å²) in [5.74, 6) is -1.19. The molecule has 0 heterocycles. The van der Waals surface area contributed by atoms with E-state index in [0.29, 0.717) is 0 Å². The SMILES string of the molecule is CC(O)C(=O)O.CCCCCCCC(O)CCCC. The van der Waals surface area contributed by atoms with Gasteiger partial charge in [-0.1, -0.05) is 58.8 Å². The topological polar surface area (TPSA) is 77.8 Å². The van der Waals surface area contributed by atoms with Crippen molar-refractivity contribution in [3.05, 3.63) is 0 Å². The first-order chi connectivity index (χ1) is 8.95. The van der Waals surface area contributed by atoms with Crippen LogP contribution in [0, 0.1) is 0 Å². The van der Waals surface area contributed by atoms with Crippen molar-refractivity contribution in [1.29, 1.82) is 0 Å². The van der Waals surface area contributed by atoms with E-state index in [1.54, 1.807) is 0 Å². The van der Waals surface area contributed by atoms with Crippen LogP contribution >= 0.6 is 0 Å². The monoisotopic (exact) mass is 276 g/mol. The Morgan fingerprint density at radius 2 is 1.32 bits per heavy atom. The van der Waals surface area contributed by atoms with Crippen molar-refractivity contribution in [3.8, 4) is 0 Å². The Kier molecular flexibility index (Phi) is 16.8. The van der Waals surface area contributed by atoms with Crippen molar-refractivity contribution in [2.45, 2.75) is 90.8 Å². The third kappa shape index (κ3) is 19.9. The number of carbonyl (C=O) groups is 1. The molecular formula is C15H32O4. The predicted molar refractivity (Wildman–Crippen MR) is 78.2 cm³/mol. The molecule has 0 aliphatic rings. The van der Waals surface area contributed by atoms with Gasteiger partial charge in [0.2, 0.25) is 0 Å². The molecular weight excluding hydrogens is 244 g/mol. The highest BCUT2D eigenvalue weighted by atomic mass is 16.4. The molecule has 116 valence electrons. The summed E-state index contributed by atoms with van der Waals surface area (Å²) < 4.78 is 0. The second-order valence-corrected chi connectivity index (χ2v) is 5.01. The first-order valence-corrected chi connectivity index (χ1v) is 7.54. The number of unbranched alkanes of at least 4 members (excludes halogenated alkanes) is 5. The summed E-state index contributed by atoms with van der Waals surface area (Å²) in [5.41, 5.74) is 0. The third-order valence-electron chi connectivity index (χ3n) is 2.89. The fourth-order valence-electron chi connectivity index (χ4n) is 1.57. The van der Waals surface area contributed by atoms with Crippen LogP contribution in [0.2, 0.25) is 0 Å². The molecule has 0 bridgehead atoms. The Hall–Kier alpha value is -0.610. The number of hydrogen-bond donors (Lipinski definition) is 3. The van der Waals surface area contributed by atoms with Gasteiger partial charge in [0.15, 0.2) is 0 Å². The van der Waals surface area contributed by atoms with Crippen molar-refractivity contribution in [3.63, 3.8) is 0 Å². The van der Waals surface area contributed by atoms with Crippen molar-refractivity contribution >= 4 is 5.97 Å². The Morgan fingerprint density at radius 1 is 0.895 bits per heavy atom. The quantitative estimate of drug-likeness (QED) is 0.535. The lowest BCUT2D eigenvalue weighted by molar-refractivity contribution is -0.145. The lowest BCUT2D eigenvalue weighted by atomic mass is 10.0. The maximum Gasteiger partial charge on any atom is 0.332 e. The second kappa shape index (κ2) is 15.4. The average Bonchev–Trinajstić information content (AvgIpc) is 2.36. The van der Waals surface area contributed by atoms with Gasteiger partial charge in [0.25, 0.3) is 0 Å². The first-order valence-electron chi connectivity index (χ1n) is 7.54. The van der Waals surface area contributed by atoms with E-state index in [0.717, 1.165) is 12.8 Å². The molecule has 0 rings (SSSR count). The van der Waals surface area contributed by atoms with Crippen LogP contribution in [0.5, 0.6) is 0 Å². The number of aliphatic hydroxyl groups is 2. The van der Waals surface area contributed by atoms with E-state index < -0.39 is 12.1 Å². The summed E-state index contributed by atoms with van der Waals surface area (Å²) in [7, 11) is 0. The molecule has 4 heteroatoms. The molecule has 2 atom stereocenters. The average molecular weight is 276 g/mol. The van der Waals surface area contributed by atoms with Crippen molar-refractivity contribution in [2.75, 3.05) is 0 Å². The lowest BCUT2D eigenvalue weighted by Crippen LogP contribution is -2.13. The van der Waals surface area contributed by atoms with Gasteiger partial charge in [-0.2, -0.15) is 0 Å². The number of carboxylic acids is 1. The van der Waals surface area contributed by atoms with E-state index >= 15 is 0 Å². The number of hydrogen-bond acceptors (Lipinski definition) is 3. The summed E-state index contributed by atoms with van der Waals surface area (Å²) in [5, 5.41) is 25.3. The molecule has 0 aromatic carbocycles. The number of rotatable bonds is 10. The van der Waals surface area contributed by atoms with E-state index in [2.05, 4.69) is 13.8 Å². The highest BCUT2D eigenvalue weighted by molar-refractivity contribution is 5.71. The van der Waals surface area contributed by atoms with Crippen LogP contribution in [0.25, 0.3) is 0 Å². The van der Waals surface area contributed by atoms with Crippen molar-refractivity contribution in [2.24, 2.45) is 0 Å². The predicted octanol–water partition coefficient (Wildman–Crippen LogP) is 3.35. The van der Waals surface area contributed by atoms with E-state index in [9.17, 15) is 9.90 Å². The summed E-state index contributed by atoms with van der Waals surface area (Å²) >= 11 is 0. The van der Waals surface area contributed by atoms with Crippen LogP contribution in [0.3, 0.4) is 0 Å². The number of carboxylic acid groups (broad SMARTS) is 1. The normalized spacial score (nSPS) is 13.3. The fourth-order valence-corrected chi connectivity index (χ4v) is 1.57. The molecule has 0 saturated heterocycles. The van der Waals surface area contributed by atoms with Gasteiger partial charge in [-0.05, 0) is 19.8 Å². The second-order valence-electron chi connectivity index (χ2n) is 5.01. The minimum Gasteiger partial charge on any atom is -0.479 e. The van der Waals surface area contributed by atoms with Gasteiger partial charge >= 0.3 is 5.97 Å². The minimum atomic E-state index is -1.23. The van der Waals surface area contributed by atoms with E-state index in [1.807, 2.05) is 0 Å². The maximum absolute atomic E-state index is 9.54. The van der Waals surface area contributed by atoms with Crippen LogP contribution in [0.1, 0.15) is 78.6 Å². The lowest BCUT2D eigenvalue weighted by Gasteiger charge is -2.08. The maximum atomic E-state index is 9.54. The van der Waals surface area contributed by atoms with Crippen LogP contribution in [0.4, 0.5) is 0 Å². The summed E-state index contributed by atoms with van der Waals surface area (Å²) in [6.07, 6.45) is 9.66. The van der Waals surface area contributed by atoms with Gasteiger partial charge < -0.3 is 15.3 Å². The highest BCUT2D eigenvalue weighted by Crippen LogP contribution is 2.10. The van der Waals surface area contributed by atoms with Crippen LogP contribution in [0.15, 0.2) is 0 Å². The molecule has 0 spiro atoms. The molecule has 0 amide bonds. The Bertz CT molecular complexity index is 193. The molecule has 0 fully saturated rings. The first kappa shape index (κ1) is 20.7. The molecule has 0 radical (unpaired) electrons. The zero-order chi connectivity index (χ0) is 15.1. The number of aliphatic hydroxyl groups excluding tert-OH is 2. The fraction of sp³-hybridized carbons (Fsp3) is 0.933. The van der Waals surface area contributed by atoms with E-state index in [1.165, 1.54) is 51.9 Å². The zero-order valence-electron chi connectivity index (χ0n) is 12.8. The summed E-state index contributed by atoms with van der Waals surface area (Å²) in [4.78, 5) is 9.45. The molecule has 4 nitrogen and oxygen atoms in total. The largest absolute Gasteiger partial charge is 0.479 e. The zero-order valence-corrected chi connectivity index (χ0v) is 12.8. The highest BCUT2D eigenvalue weighted by Gasteiger charge is 2.02. The van der Waals surface area contributed by atoms with Crippen molar-refractivity contribution < 1.29 is 20.1 Å². The molecule has 3 N–H and O–H groups in total. The Morgan fingerprint density at radius 3 is 1.74 bits per heavy atom. The Labute approximate surface area is 117 Å². The molecule has 19 heavy (non-hydrogen) atoms. The molecule has 0 aromatic heterocycles. The standard InChI is InChI=1S/C12H26O.C3H6O3/c1-3-5-7-8-9-11-12(13)10-6-4-2;1-2(4)3(5)6/h12-13H,3-11H2,1-2H3;2,4H,1H3,(H,5,6). The van der Waals surface area contributed by atoms with Gasteiger partial charge in [-0.15, -0.1) is 0 Å². The van der Waals surface area contributed by atoms with Crippen LogP contribution in [-0.4, -0.2) is 33.5 Å². The van der Waals surface area contributed by atoms with Gasteiger partial charge in [-0.25, -0.2) is 4.79 Å². The van der Waals surface area contributed by atoms with E-state index in [-0.39, 0.29) is 6.10 Å². The molecule has 0 aliphatic heterocycles. The van der Waals surface area contributed by atoms with Gasteiger partial charge in [0.1, 0.15) is 6.10 Å². The molecule has 0 saturated carbocycles. The Balaban J connectivity index is 0. The van der Waals surface area contributed by atoms with E-state index in [4.69, 9.17) is 10.2 Å². The third-order valence-corrected chi connectivity index (χ3v) is 2.89. The van der Waals surface area contributed by atoms with Gasteiger partial charge in [0, 0.05) is 0 Å².